The van der Waals surface area contributed by atoms with Crippen molar-refractivity contribution in [3.63, 3.8) is 0 Å². The number of carbonyl (C=O) groups excluding carboxylic acids is 1. The quantitative estimate of drug-likeness (QED) is 0.229. The lowest BCUT2D eigenvalue weighted by Crippen LogP contribution is -2.50. The predicted molar refractivity (Wildman–Crippen MR) is 187 cm³/mol. The van der Waals surface area contributed by atoms with Crippen molar-refractivity contribution < 1.29 is 14.3 Å². The molecule has 12 heteroatoms. The zero-order valence-corrected chi connectivity index (χ0v) is 29.0. The zero-order chi connectivity index (χ0) is 35.1. The Labute approximate surface area is 270 Å². The van der Waals surface area contributed by atoms with Gasteiger partial charge in [0.15, 0.2) is 0 Å². The number of nitrogens with zero attached hydrogens (tertiary/aromatic N) is 4. The zero-order valence-electron chi connectivity index (χ0n) is 29.0. The number of allylic oxidation sites excluding steroid dienone is 2. The normalized spacial score (nSPS) is 13.1. The summed E-state index contributed by atoms with van der Waals surface area (Å²) >= 11 is 0. The van der Waals surface area contributed by atoms with Gasteiger partial charge in [0, 0.05) is 42.5 Å². The molecule has 1 amide bonds. The highest BCUT2D eigenvalue weighted by molar-refractivity contribution is 5.98. The molecule has 0 aliphatic carbocycles. The van der Waals surface area contributed by atoms with E-state index >= 15 is 0 Å². The average Bonchev–Trinajstić information content (AvgIpc) is 3.49. The second-order valence-corrected chi connectivity index (χ2v) is 10.3. The van der Waals surface area contributed by atoms with Gasteiger partial charge in [-0.15, -0.1) is 18.3 Å². The number of H-pyrrole nitrogens is 1. The molecule has 1 saturated heterocycles. The number of carbonyl (C=O) groups is 1. The van der Waals surface area contributed by atoms with Gasteiger partial charge in [0.2, 0.25) is 11.4 Å². The summed E-state index contributed by atoms with van der Waals surface area (Å²) in [7, 11) is 0. The number of nitrogens with one attached hydrogen (secondary N) is 1. The molecule has 0 unspecified atom stereocenters. The fourth-order valence-corrected chi connectivity index (χ4v) is 4.48. The fourth-order valence-electron chi connectivity index (χ4n) is 4.48. The maximum absolute atomic E-state index is 12.7. The van der Waals surface area contributed by atoms with E-state index in [1.165, 1.54) is 25.0 Å². The topological polar surface area (TPSA) is 194 Å². The van der Waals surface area contributed by atoms with Crippen LogP contribution in [0.3, 0.4) is 0 Å². The molecular weight excluding hydrogens is 572 g/mol. The van der Waals surface area contributed by atoms with Crippen molar-refractivity contribution in [1.29, 1.82) is 0 Å². The molecule has 8 N–H and O–H groups in total. The van der Waals surface area contributed by atoms with E-state index in [4.69, 9.17) is 26.7 Å². The van der Waals surface area contributed by atoms with Gasteiger partial charge in [0.1, 0.15) is 5.82 Å². The smallest absolute Gasteiger partial charge is 0.313 e. The number of aromatic nitrogens is 3. The largest absolute Gasteiger partial charge is 0.404 e. The number of nitrogens with two attached hydrogens (primary N) is 3. The number of hydrogen-bond acceptors (Lipinski definition) is 10. The minimum absolute atomic E-state index is 0.0561. The molecule has 1 fully saturated rings. The van der Waals surface area contributed by atoms with Crippen LogP contribution in [0.2, 0.25) is 0 Å². The van der Waals surface area contributed by atoms with Crippen molar-refractivity contribution in [3.8, 4) is 0 Å². The molecule has 2 aromatic rings. The first-order valence-corrected chi connectivity index (χ1v) is 15.7. The molecule has 0 bridgehead atoms. The van der Waals surface area contributed by atoms with E-state index in [0.717, 1.165) is 50.0 Å². The summed E-state index contributed by atoms with van der Waals surface area (Å²) in [5.74, 6) is 0.448. The summed E-state index contributed by atoms with van der Waals surface area (Å²) in [6, 6.07) is 4.10. The van der Waals surface area contributed by atoms with Crippen LogP contribution in [0.25, 0.3) is 5.57 Å². The molecule has 1 aliphatic heterocycles. The van der Waals surface area contributed by atoms with Crippen LogP contribution in [-0.2, 0) is 0 Å². The van der Waals surface area contributed by atoms with Crippen LogP contribution >= 0.6 is 0 Å². The fraction of sp³-hybridized carbons (Fsp3) is 0.576. The molecule has 0 radical (unpaired) electrons. The molecule has 3 heterocycles. The van der Waals surface area contributed by atoms with Gasteiger partial charge in [-0.05, 0) is 65.5 Å². The lowest BCUT2D eigenvalue weighted by molar-refractivity contribution is 0.0516. The lowest BCUT2D eigenvalue weighted by atomic mass is 9.98. The molecule has 12 nitrogen and oxygen atoms in total. The standard InChI is InChI=1S/C19H32N4O2.C6H10N4O.C4H8O.C2H6.C2H4/c1-4-11-23(14(5-2)6-3)15-9-12-22(13-10-15)19(25)16-7-8-17(24)21-18(16)20;1-3(4(2)7)5-9-10-6(8)11-5;1-4(2)3-5;2*1-2/h7-8,14-15H,4-6,9-13H2,1-3H3,(H3,20,21,24);7H2,1-2H3,(H2,8,10);5H,1,3H2,2H3;1-2H3;1-2H2/b;4-3-;;;. The predicted octanol–water partition coefficient (Wildman–Crippen LogP) is 5.21. The number of piperidine rings is 1. The average molecular weight is 633 g/mol. The molecule has 0 saturated carbocycles. The molecule has 256 valence electrons. The minimum atomic E-state index is -0.284. The second kappa shape index (κ2) is 24.4. The summed E-state index contributed by atoms with van der Waals surface area (Å²) in [4.78, 5) is 31.0. The molecule has 0 atom stereocenters. The van der Waals surface area contributed by atoms with Crippen molar-refractivity contribution in [2.45, 2.75) is 99.6 Å². The molecule has 0 spiro atoms. The maximum atomic E-state index is 12.7. The van der Waals surface area contributed by atoms with E-state index in [1.54, 1.807) is 20.8 Å². The van der Waals surface area contributed by atoms with Gasteiger partial charge in [0.25, 0.3) is 5.91 Å². The number of hydrogen-bond donors (Lipinski definition) is 5. The lowest BCUT2D eigenvalue weighted by Gasteiger charge is -2.42. The molecule has 1 aliphatic rings. The Morgan fingerprint density at radius 1 is 1.11 bits per heavy atom. The number of aromatic amines is 1. The third kappa shape index (κ3) is 15.6. The molecule has 2 aromatic heterocycles. The Hall–Kier alpha value is -3.90. The van der Waals surface area contributed by atoms with E-state index in [1.807, 2.05) is 18.7 Å². The van der Waals surface area contributed by atoms with Gasteiger partial charge in [-0.25, -0.2) is 0 Å². The summed E-state index contributed by atoms with van der Waals surface area (Å²) in [6.45, 7) is 28.2. The van der Waals surface area contributed by atoms with Gasteiger partial charge in [-0.3, -0.25) is 14.5 Å². The maximum Gasteiger partial charge on any atom is 0.313 e. The number of aliphatic hydroxyl groups excluding tert-OH is 1. The van der Waals surface area contributed by atoms with Crippen molar-refractivity contribution in [2.75, 3.05) is 37.7 Å². The number of aliphatic hydroxyl groups is 1. The van der Waals surface area contributed by atoms with Crippen molar-refractivity contribution in [3.05, 3.63) is 64.9 Å². The van der Waals surface area contributed by atoms with Crippen LogP contribution in [0, 0.1) is 0 Å². The number of pyridine rings is 1. The second-order valence-electron chi connectivity index (χ2n) is 10.3. The van der Waals surface area contributed by atoms with E-state index in [-0.39, 0.29) is 29.9 Å². The Kier molecular flexibility index (Phi) is 23.5. The summed E-state index contributed by atoms with van der Waals surface area (Å²) in [5, 5.41) is 15.2. The Balaban J connectivity index is 0. The number of likely N-dealkylation sites (tertiary alicyclic amines) is 1. The number of amides is 1. The number of anilines is 2. The van der Waals surface area contributed by atoms with E-state index in [0.29, 0.717) is 29.2 Å². The summed E-state index contributed by atoms with van der Waals surface area (Å²) < 4.78 is 4.92. The van der Waals surface area contributed by atoms with Crippen LogP contribution in [-0.4, -0.2) is 74.3 Å². The van der Waals surface area contributed by atoms with E-state index in [9.17, 15) is 9.59 Å². The third-order valence-electron chi connectivity index (χ3n) is 6.92. The Morgan fingerprint density at radius 2 is 1.64 bits per heavy atom. The number of nitrogen functional groups attached to an aromatic ring is 2. The first-order chi connectivity index (χ1) is 21.4. The highest BCUT2D eigenvalue weighted by Gasteiger charge is 2.30. The van der Waals surface area contributed by atoms with Crippen molar-refractivity contribution >= 4 is 23.3 Å². The Morgan fingerprint density at radius 3 is 2.02 bits per heavy atom. The molecule has 3 rings (SSSR count). The minimum Gasteiger partial charge on any atom is -0.404 e. The van der Waals surface area contributed by atoms with Crippen LogP contribution in [0.15, 0.2) is 52.4 Å². The third-order valence-corrected chi connectivity index (χ3v) is 6.92. The highest BCUT2D eigenvalue weighted by atomic mass is 16.4. The Bertz CT molecular complexity index is 1190. The SMILES string of the molecule is C/C(N)=C(\C)c1nnc(N)o1.C=C.C=C(C)CO.CC.CCCN(C(CC)CC)C1CCN(C(=O)c2ccc(=O)[nH]c2N)CC1. The van der Waals surface area contributed by atoms with E-state index in [2.05, 4.69) is 60.6 Å². The van der Waals surface area contributed by atoms with Crippen LogP contribution in [0.1, 0.15) is 104 Å². The molecular formula is C33H60N8O4. The van der Waals surface area contributed by atoms with Gasteiger partial charge in [0.05, 0.1) is 12.2 Å². The van der Waals surface area contributed by atoms with Gasteiger partial charge < -0.3 is 36.6 Å². The highest BCUT2D eigenvalue weighted by Crippen LogP contribution is 2.23. The van der Waals surface area contributed by atoms with Crippen LogP contribution in [0.4, 0.5) is 11.8 Å². The van der Waals surface area contributed by atoms with Gasteiger partial charge in [-0.2, -0.15) is 0 Å². The van der Waals surface area contributed by atoms with Crippen LogP contribution in [0.5, 0.6) is 0 Å². The van der Waals surface area contributed by atoms with Gasteiger partial charge >= 0.3 is 6.01 Å². The summed E-state index contributed by atoms with van der Waals surface area (Å²) in [5.41, 5.74) is 18.8. The van der Waals surface area contributed by atoms with Crippen molar-refractivity contribution in [1.82, 2.24) is 25.0 Å². The first-order valence-electron chi connectivity index (χ1n) is 15.7. The van der Waals surface area contributed by atoms with E-state index < -0.39 is 0 Å². The van der Waals surface area contributed by atoms with Gasteiger partial charge in [-0.1, -0.05) is 51.9 Å². The summed E-state index contributed by atoms with van der Waals surface area (Å²) in [6.07, 6.45) is 5.48. The first kappa shape index (κ1) is 43.2. The monoisotopic (exact) mass is 632 g/mol. The van der Waals surface area contributed by atoms with Crippen molar-refractivity contribution in [2.24, 2.45) is 5.73 Å². The number of rotatable bonds is 9. The molecule has 45 heavy (non-hydrogen) atoms. The molecule has 0 aromatic carbocycles. The van der Waals surface area contributed by atoms with Crippen LogP contribution < -0.4 is 22.8 Å².